The van der Waals surface area contributed by atoms with Crippen molar-refractivity contribution in [2.75, 3.05) is 14.1 Å². The molecule has 0 spiro atoms. The number of nitrogens with zero attached hydrogens (tertiary/aromatic N) is 1. The summed E-state index contributed by atoms with van der Waals surface area (Å²) < 4.78 is 12.8. The number of benzene rings is 2. The second-order valence-electron chi connectivity index (χ2n) is 7.80. The molecule has 3 nitrogen and oxygen atoms in total. The first-order valence-corrected chi connectivity index (χ1v) is 10.1. The fraction of sp³-hybridized carbons (Fsp3) is 0.167. The highest BCUT2D eigenvalue weighted by atomic mass is 35.5. The smallest absolute Gasteiger partial charge is 0.159 e. The molecule has 2 heterocycles. The van der Waals surface area contributed by atoms with Crippen molar-refractivity contribution in [2.45, 2.75) is 13.1 Å². The van der Waals surface area contributed by atoms with Gasteiger partial charge in [-0.2, -0.15) is 0 Å². The Morgan fingerprint density at radius 2 is 0.966 bits per heavy atom. The van der Waals surface area contributed by atoms with Crippen LogP contribution in [0.5, 0.6) is 0 Å². The average Bonchev–Trinajstić information content (AvgIpc) is 3.32. The van der Waals surface area contributed by atoms with Crippen LogP contribution in [-0.4, -0.2) is 18.6 Å². The normalized spacial score (nSPS) is 11.7. The van der Waals surface area contributed by atoms with E-state index in [0.717, 1.165) is 57.3 Å². The summed E-state index contributed by atoms with van der Waals surface area (Å²) in [5.74, 6) is 3.56. The van der Waals surface area contributed by atoms with Gasteiger partial charge in [-0.15, -0.1) is 0 Å². The molecule has 0 aliphatic heterocycles. The Bertz CT molecular complexity index is 1000. The van der Waals surface area contributed by atoms with E-state index in [-0.39, 0.29) is 0 Å². The van der Waals surface area contributed by atoms with E-state index in [0.29, 0.717) is 4.48 Å². The quantitative estimate of drug-likeness (QED) is 0.302. The molecule has 0 radical (unpaired) electrons. The molecule has 2 aromatic heterocycles. The van der Waals surface area contributed by atoms with Gasteiger partial charge in [0, 0.05) is 21.2 Å². The third-order valence-corrected chi connectivity index (χ3v) is 5.25. The van der Waals surface area contributed by atoms with Gasteiger partial charge in [0.2, 0.25) is 0 Å². The lowest BCUT2D eigenvalue weighted by Crippen LogP contribution is -2.37. The summed E-state index contributed by atoms with van der Waals surface area (Å²) in [6.07, 6.45) is 0. The Balaban J connectivity index is 1.44. The van der Waals surface area contributed by atoms with Gasteiger partial charge in [0.05, 0.1) is 14.1 Å². The SMILES string of the molecule is C[N+](C)(Cc1ccc(-c2ccc(Cl)cc2)o1)Cc1ccc(-c2ccc(Cl)cc2)o1. The molecule has 0 saturated carbocycles. The van der Waals surface area contributed by atoms with Gasteiger partial charge < -0.3 is 13.3 Å². The first kappa shape index (κ1) is 19.8. The minimum Gasteiger partial charge on any atom is -0.455 e. The van der Waals surface area contributed by atoms with Crippen molar-refractivity contribution in [2.24, 2.45) is 0 Å². The summed E-state index contributed by atoms with van der Waals surface area (Å²) in [6, 6.07) is 23.4. The maximum absolute atomic E-state index is 6.07. The lowest BCUT2D eigenvalue weighted by atomic mass is 10.2. The topological polar surface area (TPSA) is 26.3 Å². The van der Waals surface area contributed by atoms with Gasteiger partial charge >= 0.3 is 0 Å². The summed E-state index contributed by atoms with van der Waals surface area (Å²) in [6.45, 7) is 1.51. The van der Waals surface area contributed by atoms with E-state index in [2.05, 4.69) is 14.1 Å². The molecule has 4 rings (SSSR count). The van der Waals surface area contributed by atoms with E-state index >= 15 is 0 Å². The second-order valence-corrected chi connectivity index (χ2v) is 8.67. The Morgan fingerprint density at radius 1 is 0.586 bits per heavy atom. The van der Waals surface area contributed by atoms with Crippen molar-refractivity contribution < 1.29 is 13.3 Å². The van der Waals surface area contributed by atoms with Gasteiger partial charge in [-0.25, -0.2) is 0 Å². The molecule has 0 unspecified atom stereocenters. The zero-order valence-electron chi connectivity index (χ0n) is 16.4. The van der Waals surface area contributed by atoms with Gasteiger partial charge in [0.1, 0.15) is 24.6 Å². The van der Waals surface area contributed by atoms with Crippen LogP contribution in [0.4, 0.5) is 0 Å². The molecule has 0 atom stereocenters. The summed E-state index contributed by atoms with van der Waals surface area (Å²) in [5, 5.41) is 1.43. The fourth-order valence-electron chi connectivity index (χ4n) is 3.36. The highest BCUT2D eigenvalue weighted by Crippen LogP contribution is 2.28. The van der Waals surface area contributed by atoms with Crippen LogP contribution in [-0.2, 0) is 13.1 Å². The molecule has 29 heavy (non-hydrogen) atoms. The molecule has 0 N–H and O–H groups in total. The Labute approximate surface area is 180 Å². The molecule has 0 fully saturated rings. The van der Waals surface area contributed by atoms with Gasteiger partial charge in [0.15, 0.2) is 11.5 Å². The molecule has 2 aromatic carbocycles. The summed E-state index contributed by atoms with van der Waals surface area (Å²) in [5.41, 5.74) is 2.04. The number of hydrogen-bond acceptors (Lipinski definition) is 2. The minimum atomic E-state index is 0.709. The maximum Gasteiger partial charge on any atom is 0.159 e. The third kappa shape index (κ3) is 4.94. The molecule has 4 aromatic rings. The van der Waals surface area contributed by atoms with Crippen LogP contribution < -0.4 is 0 Å². The zero-order valence-corrected chi connectivity index (χ0v) is 17.9. The number of rotatable bonds is 6. The van der Waals surface area contributed by atoms with E-state index in [1.807, 2.05) is 72.8 Å². The Morgan fingerprint density at radius 3 is 1.34 bits per heavy atom. The molecule has 0 bridgehead atoms. The van der Waals surface area contributed by atoms with Crippen molar-refractivity contribution in [1.82, 2.24) is 0 Å². The molecule has 148 valence electrons. The van der Waals surface area contributed by atoms with E-state index < -0.39 is 0 Å². The van der Waals surface area contributed by atoms with Crippen LogP contribution in [0.15, 0.2) is 81.6 Å². The number of quaternary nitrogens is 1. The van der Waals surface area contributed by atoms with Gasteiger partial charge in [-0.05, 0) is 72.8 Å². The van der Waals surface area contributed by atoms with E-state index in [9.17, 15) is 0 Å². The lowest BCUT2D eigenvalue weighted by Gasteiger charge is -2.27. The van der Waals surface area contributed by atoms with Crippen LogP contribution in [0, 0.1) is 0 Å². The van der Waals surface area contributed by atoms with E-state index in [1.165, 1.54) is 0 Å². The van der Waals surface area contributed by atoms with Crippen molar-refractivity contribution >= 4 is 23.2 Å². The molecular weight excluding hydrogens is 405 g/mol. The predicted octanol–water partition coefficient (Wildman–Crippen LogP) is 7.29. The highest BCUT2D eigenvalue weighted by molar-refractivity contribution is 6.30. The summed E-state index contributed by atoms with van der Waals surface area (Å²) in [4.78, 5) is 0. The lowest BCUT2D eigenvalue weighted by molar-refractivity contribution is -0.918. The number of furan rings is 2. The predicted molar refractivity (Wildman–Crippen MR) is 118 cm³/mol. The van der Waals surface area contributed by atoms with Crippen molar-refractivity contribution in [1.29, 1.82) is 0 Å². The van der Waals surface area contributed by atoms with Gasteiger partial charge in [-0.1, -0.05) is 23.2 Å². The van der Waals surface area contributed by atoms with Crippen LogP contribution in [0.1, 0.15) is 11.5 Å². The highest BCUT2D eigenvalue weighted by Gasteiger charge is 2.21. The van der Waals surface area contributed by atoms with E-state index in [4.69, 9.17) is 32.0 Å². The standard InChI is InChI=1S/C24H22Cl2NO2/c1-27(2,15-21-11-13-23(28-21)17-3-7-19(25)8-4-17)16-22-12-14-24(29-22)18-5-9-20(26)10-6-18/h3-14H,15-16H2,1-2H3/q+1. The molecule has 0 aliphatic rings. The fourth-order valence-corrected chi connectivity index (χ4v) is 3.62. The second kappa shape index (κ2) is 8.11. The summed E-state index contributed by atoms with van der Waals surface area (Å²) >= 11 is 11.9. The monoisotopic (exact) mass is 426 g/mol. The van der Waals surface area contributed by atoms with Crippen LogP contribution in [0.2, 0.25) is 10.0 Å². The molecule has 0 amide bonds. The third-order valence-electron chi connectivity index (χ3n) is 4.75. The largest absolute Gasteiger partial charge is 0.455 e. The minimum absolute atomic E-state index is 0.709. The van der Waals surface area contributed by atoms with Crippen LogP contribution in [0.25, 0.3) is 22.6 Å². The van der Waals surface area contributed by atoms with Gasteiger partial charge in [0.25, 0.3) is 0 Å². The maximum atomic E-state index is 6.07. The molecule has 0 saturated heterocycles. The van der Waals surface area contributed by atoms with Crippen LogP contribution in [0.3, 0.4) is 0 Å². The van der Waals surface area contributed by atoms with Crippen molar-refractivity contribution in [3.63, 3.8) is 0 Å². The van der Waals surface area contributed by atoms with Crippen molar-refractivity contribution in [3.8, 4) is 22.6 Å². The summed E-state index contributed by atoms with van der Waals surface area (Å²) in [7, 11) is 4.32. The van der Waals surface area contributed by atoms with Crippen molar-refractivity contribution in [3.05, 3.63) is 94.4 Å². The molecule has 0 aliphatic carbocycles. The first-order chi connectivity index (χ1) is 13.9. The van der Waals surface area contributed by atoms with Gasteiger partial charge in [-0.3, -0.25) is 0 Å². The Kier molecular flexibility index (Phi) is 5.55. The first-order valence-electron chi connectivity index (χ1n) is 9.39. The van der Waals surface area contributed by atoms with Crippen LogP contribution >= 0.6 is 23.2 Å². The number of hydrogen-bond donors (Lipinski definition) is 0. The molecular formula is C24H22Cl2NO2+. The van der Waals surface area contributed by atoms with E-state index in [1.54, 1.807) is 0 Å². The Hall–Kier alpha value is -2.46. The average molecular weight is 427 g/mol. The number of halogens is 2. The molecule has 5 heteroatoms. The zero-order chi connectivity index (χ0) is 20.4.